The van der Waals surface area contributed by atoms with Gasteiger partial charge in [-0.25, -0.2) is 4.79 Å². The van der Waals surface area contributed by atoms with E-state index in [4.69, 9.17) is 4.74 Å². The molecular formula is C16H16N2O5S. The number of nitrogens with one attached hydrogen (secondary N) is 1. The zero-order chi connectivity index (χ0) is 17.9. The third-order valence-electron chi connectivity index (χ3n) is 3.38. The summed E-state index contributed by atoms with van der Waals surface area (Å²) in [6.07, 6.45) is 0. The van der Waals surface area contributed by atoms with Crippen LogP contribution in [0.1, 0.15) is 30.5 Å². The highest BCUT2D eigenvalue weighted by molar-refractivity contribution is 7.12. The Kier molecular flexibility index (Phi) is 5.30. The lowest BCUT2D eigenvalue weighted by atomic mass is 10.1. The van der Waals surface area contributed by atoms with Crippen LogP contribution < -0.4 is 5.32 Å². The highest BCUT2D eigenvalue weighted by Crippen LogP contribution is 2.25. The Bertz CT molecular complexity index is 813. The van der Waals surface area contributed by atoms with Crippen molar-refractivity contribution in [3.05, 3.63) is 55.3 Å². The number of ether oxygens (including phenoxy) is 1. The number of carbonyl (C=O) groups excluding carboxylic acids is 2. The maximum Gasteiger partial charge on any atom is 0.338 e. The van der Waals surface area contributed by atoms with Crippen LogP contribution in [-0.4, -0.2) is 30.3 Å². The van der Waals surface area contributed by atoms with Crippen molar-refractivity contribution in [1.82, 2.24) is 0 Å². The van der Waals surface area contributed by atoms with Gasteiger partial charge in [-0.15, -0.1) is 11.3 Å². The second-order valence-electron chi connectivity index (χ2n) is 5.07. The van der Waals surface area contributed by atoms with Gasteiger partial charge in [-0.2, -0.15) is 0 Å². The molecule has 0 bridgehead atoms. The molecule has 0 aliphatic carbocycles. The molecule has 0 fully saturated rings. The largest absolute Gasteiger partial charge is 0.454 e. The van der Waals surface area contributed by atoms with Crippen LogP contribution in [-0.2, 0) is 4.74 Å². The van der Waals surface area contributed by atoms with E-state index in [1.54, 1.807) is 13.1 Å². The van der Waals surface area contributed by atoms with E-state index in [0.29, 0.717) is 5.56 Å². The number of benzene rings is 1. The van der Waals surface area contributed by atoms with E-state index in [0.717, 1.165) is 15.8 Å². The summed E-state index contributed by atoms with van der Waals surface area (Å²) in [5.41, 5.74) is 0.605. The van der Waals surface area contributed by atoms with Gasteiger partial charge in [-0.1, -0.05) is 0 Å². The first-order chi connectivity index (χ1) is 11.3. The first kappa shape index (κ1) is 17.6. The van der Waals surface area contributed by atoms with Gasteiger partial charge in [-0.05, 0) is 32.0 Å². The van der Waals surface area contributed by atoms with Crippen LogP contribution in [0.2, 0.25) is 0 Å². The number of nitro benzene ring substituents is 1. The standard InChI is InChI=1S/C16H16N2O5S/c1-9-6-12(10(2)24-9)15(19)8-23-16(20)11-4-5-13(17-3)14(7-11)18(21)22/h4-7,17H,8H2,1-3H3. The Morgan fingerprint density at radius 2 is 2.00 bits per heavy atom. The number of aryl methyl sites for hydroxylation is 2. The Morgan fingerprint density at radius 3 is 2.54 bits per heavy atom. The van der Waals surface area contributed by atoms with Crippen molar-refractivity contribution in [2.45, 2.75) is 13.8 Å². The fraction of sp³-hybridized carbons (Fsp3) is 0.250. The van der Waals surface area contributed by atoms with Gasteiger partial charge >= 0.3 is 5.97 Å². The van der Waals surface area contributed by atoms with Crippen molar-refractivity contribution in [2.75, 3.05) is 19.0 Å². The number of thiophene rings is 1. The highest BCUT2D eigenvalue weighted by atomic mass is 32.1. The molecule has 126 valence electrons. The van der Waals surface area contributed by atoms with E-state index in [9.17, 15) is 19.7 Å². The molecule has 24 heavy (non-hydrogen) atoms. The van der Waals surface area contributed by atoms with E-state index in [2.05, 4.69) is 5.32 Å². The molecule has 0 radical (unpaired) electrons. The Balaban J connectivity index is 2.10. The van der Waals surface area contributed by atoms with Crippen LogP contribution >= 0.6 is 11.3 Å². The van der Waals surface area contributed by atoms with E-state index < -0.39 is 17.5 Å². The number of nitro groups is 1. The maximum atomic E-state index is 12.1. The van der Waals surface area contributed by atoms with Gasteiger partial charge < -0.3 is 10.1 Å². The summed E-state index contributed by atoms with van der Waals surface area (Å²) in [4.78, 5) is 36.4. The van der Waals surface area contributed by atoms with Gasteiger partial charge in [0.25, 0.3) is 5.69 Å². The zero-order valence-corrected chi connectivity index (χ0v) is 14.2. The van der Waals surface area contributed by atoms with E-state index in [1.807, 2.05) is 13.8 Å². The van der Waals surface area contributed by atoms with Crippen molar-refractivity contribution in [3.8, 4) is 0 Å². The fourth-order valence-corrected chi connectivity index (χ4v) is 3.16. The van der Waals surface area contributed by atoms with E-state index >= 15 is 0 Å². The van der Waals surface area contributed by atoms with Crippen molar-refractivity contribution in [3.63, 3.8) is 0 Å². The van der Waals surface area contributed by atoms with Gasteiger partial charge in [-0.3, -0.25) is 14.9 Å². The minimum absolute atomic E-state index is 0.0201. The molecule has 1 aromatic heterocycles. The SMILES string of the molecule is CNc1ccc(C(=O)OCC(=O)c2cc(C)sc2C)cc1[N+](=O)[O-]. The molecule has 0 amide bonds. The van der Waals surface area contributed by atoms with E-state index in [-0.39, 0.29) is 22.7 Å². The number of hydrogen-bond donors (Lipinski definition) is 1. The van der Waals surface area contributed by atoms with Crippen LogP contribution in [0, 0.1) is 24.0 Å². The summed E-state index contributed by atoms with van der Waals surface area (Å²) in [6.45, 7) is 3.31. The van der Waals surface area contributed by atoms with E-state index in [1.165, 1.54) is 23.5 Å². The lowest BCUT2D eigenvalue weighted by molar-refractivity contribution is -0.384. The minimum atomic E-state index is -0.779. The van der Waals surface area contributed by atoms with Crippen LogP contribution in [0.4, 0.5) is 11.4 Å². The molecule has 0 aliphatic heterocycles. The summed E-state index contributed by atoms with van der Waals surface area (Å²) >= 11 is 1.49. The molecule has 0 spiro atoms. The Labute approximate surface area is 142 Å². The third kappa shape index (κ3) is 3.77. The molecule has 0 atom stereocenters. The predicted molar refractivity (Wildman–Crippen MR) is 91.0 cm³/mol. The molecule has 0 unspecified atom stereocenters. The van der Waals surface area contributed by atoms with Gasteiger partial charge in [0, 0.05) is 28.4 Å². The third-order valence-corrected chi connectivity index (χ3v) is 4.34. The summed E-state index contributed by atoms with van der Waals surface area (Å²) < 4.78 is 4.99. The monoisotopic (exact) mass is 348 g/mol. The zero-order valence-electron chi connectivity index (χ0n) is 13.4. The number of anilines is 1. The van der Waals surface area contributed by atoms with Gasteiger partial charge in [0.1, 0.15) is 5.69 Å². The van der Waals surface area contributed by atoms with Gasteiger partial charge in [0.2, 0.25) is 5.78 Å². The molecular weight excluding hydrogens is 332 g/mol. The van der Waals surface area contributed by atoms with Crippen molar-refractivity contribution < 1.29 is 19.2 Å². The molecule has 1 N–H and O–H groups in total. The highest BCUT2D eigenvalue weighted by Gasteiger charge is 2.19. The van der Waals surface area contributed by atoms with Crippen LogP contribution in [0.5, 0.6) is 0 Å². The summed E-state index contributed by atoms with van der Waals surface area (Å²) in [7, 11) is 1.55. The summed E-state index contributed by atoms with van der Waals surface area (Å²) in [5.74, 6) is -1.08. The number of rotatable bonds is 6. The molecule has 2 rings (SSSR count). The number of Topliss-reactive ketones (excluding diaryl/α,β-unsaturated/α-hetero) is 1. The normalized spacial score (nSPS) is 10.3. The van der Waals surface area contributed by atoms with Crippen molar-refractivity contribution >= 4 is 34.5 Å². The molecule has 0 aliphatic rings. The predicted octanol–water partition coefficient (Wildman–Crippen LogP) is 3.35. The van der Waals surface area contributed by atoms with Gasteiger partial charge in [0.05, 0.1) is 10.5 Å². The maximum absolute atomic E-state index is 12.1. The molecule has 1 heterocycles. The topological polar surface area (TPSA) is 98.5 Å². The fourth-order valence-electron chi connectivity index (χ4n) is 2.22. The number of carbonyl (C=O) groups is 2. The molecule has 7 nitrogen and oxygen atoms in total. The second kappa shape index (κ2) is 7.22. The van der Waals surface area contributed by atoms with Gasteiger partial charge in [0.15, 0.2) is 6.61 Å². The lowest BCUT2D eigenvalue weighted by Gasteiger charge is -2.06. The second-order valence-corrected chi connectivity index (χ2v) is 6.53. The Morgan fingerprint density at radius 1 is 1.29 bits per heavy atom. The van der Waals surface area contributed by atoms with Crippen LogP contribution in [0.15, 0.2) is 24.3 Å². The molecule has 8 heteroatoms. The smallest absolute Gasteiger partial charge is 0.338 e. The number of esters is 1. The number of hydrogen-bond acceptors (Lipinski definition) is 7. The lowest BCUT2D eigenvalue weighted by Crippen LogP contribution is -2.14. The molecule has 2 aromatic rings. The first-order valence-corrected chi connectivity index (χ1v) is 7.88. The average Bonchev–Trinajstić information content (AvgIpc) is 2.90. The number of nitrogens with zero attached hydrogens (tertiary/aromatic N) is 1. The minimum Gasteiger partial charge on any atom is -0.454 e. The van der Waals surface area contributed by atoms with Crippen LogP contribution in [0.25, 0.3) is 0 Å². The molecule has 0 saturated carbocycles. The first-order valence-electron chi connectivity index (χ1n) is 7.07. The molecule has 1 aromatic carbocycles. The average molecular weight is 348 g/mol. The number of ketones is 1. The van der Waals surface area contributed by atoms with Crippen molar-refractivity contribution in [1.29, 1.82) is 0 Å². The van der Waals surface area contributed by atoms with Crippen molar-refractivity contribution in [2.24, 2.45) is 0 Å². The quantitative estimate of drug-likeness (QED) is 0.372. The summed E-state index contributed by atoms with van der Waals surface area (Å²) in [5, 5.41) is 13.7. The molecule has 0 saturated heterocycles. The summed E-state index contributed by atoms with van der Waals surface area (Å²) in [6, 6.07) is 5.70. The Hall–Kier alpha value is -2.74. The van der Waals surface area contributed by atoms with Crippen LogP contribution in [0.3, 0.4) is 0 Å².